The monoisotopic (exact) mass is 419 g/mol. The second kappa shape index (κ2) is 8.62. The van der Waals surface area contributed by atoms with E-state index < -0.39 is 5.76 Å². The van der Waals surface area contributed by atoms with Crippen molar-refractivity contribution in [2.75, 3.05) is 5.32 Å². The highest BCUT2D eigenvalue weighted by Crippen LogP contribution is 2.24. The zero-order valence-electron chi connectivity index (χ0n) is 16.5. The van der Waals surface area contributed by atoms with Gasteiger partial charge in [0.25, 0.3) is 0 Å². The second-order valence-corrected chi connectivity index (χ2v) is 6.78. The van der Waals surface area contributed by atoms with Crippen LogP contribution in [0.15, 0.2) is 70.0 Å². The van der Waals surface area contributed by atoms with Crippen molar-refractivity contribution in [3.05, 3.63) is 94.2 Å². The van der Waals surface area contributed by atoms with Crippen LogP contribution >= 0.6 is 0 Å². The molecule has 0 unspecified atom stereocenters. The van der Waals surface area contributed by atoms with Gasteiger partial charge in [0.1, 0.15) is 5.82 Å². The highest BCUT2D eigenvalue weighted by atomic mass is 19.1. The minimum absolute atomic E-state index is 0.290. The Hall–Kier alpha value is -4.27. The number of nitrogens with one attached hydrogen (secondary N) is 2. The van der Waals surface area contributed by atoms with Crippen LogP contribution < -0.4 is 11.1 Å². The number of aromatic amines is 1. The number of benzene rings is 2. The number of aryl methyl sites for hydroxylation is 1. The number of hydrogen-bond acceptors (Lipinski definition) is 5. The Morgan fingerprint density at radius 3 is 2.61 bits per heavy atom. The Balaban J connectivity index is 1.42. The molecule has 31 heavy (non-hydrogen) atoms. The normalized spacial score (nSPS) is 11.2. The Labute approximate surface area is 176 Å². The van der Waals surface area contributed by atoms with E-state index in [1.165, 1.54) is 18.2 Å². The summed E-state index contributed by atoms with van der Waals surface area (Å²) in [4.78, 5) is 23.3. The maximum atomic E-state index is 13.2. The van der Waals surface area contributed by atoms with E-state index in [2.05, 4.69) is 20.6 Å². The van der Waals surface area contributed by atoms with E-state index >= 15 is 0 Å². The van der Waals surface area contributed by atoms with E-state index in [1.807, 2.05) is 12.1 Å². The lowest BCUT2D eigenvalue weighted by Gasteiger charge is -2.05. The Morgan fingerprint density at radius 2 is 1.94 bits per heavy atom. The van der Waals surface area contributed by atoms with Gasteiger partial charge in [-0.3, -0.25) is 9.48 Å². The Morgan fingerprint density at radius 1 is 1.19 bits per heavy atom. The SMILES string of the molecule is Cn1ncc(/C=C/C(=O)Nc2ccc(Cc3n[nH]c(=O)o3)cc2)c1-c1ccc(F)cc1. The van der Waals surface area contributed by atoms with Gasteiger partial charge in [-0.25, -0.2) is 14.3 Å². The van der Waals surface area contributed by atoms with Gasteiger partial charge in [-0.1, -0.05) is 12.1 Å². The lowest BCUT2D eigenvalue weighted by atomic mass is 10.1. The molecular formula is C22H18FN5O3. The topological polar surface area (TPSA) is 106 Å². The van der Waals surface area contributed by atoms with Crippen LogP contribution in [0.4, 0.5) is 10.1 Å². The van der Waals surface area contributed by atoms with Crippen molar-refractivity contribution in [3.8, 4) is 11.3 Å². The number of amides is 1. The van der Waals surface area contributed by atoms with E-state index in [1.54, 1.807) is 48.3 Å². The molecule has 1 amide bonds. The summed E-state index contributed by atoms with van der Waals surface area (Å²) in [6.45, 7) is 0. The number of anilines is 1. The average Bonchev–Trinajstić information content (AvgIpc) is 3.33. The zero-order valence-corrected chi connectivity index (χ0v) is 16.5. The first kappa shape index (κ1) is 20.0. The van der Waals surface area contributed by atoms with Crippen LogP contribution in [0.2, 0.25) is 0 Å². The van der Waals surface area contributed by atoms with E-state index in [4.69, 9.17) is 4.42 Å². The molecule has 0 radical (unpaired) electrons. The third kappa shape index (κ3) is 4.84. The van der Waals surface area contributed by atoms with Gasteiger partial charge < -0.3 is 9.73 Å². The number of rotatable bonds is 6. The highest BCUT2D eigenvalue weighted by molar-refractivity contribution is 6.02. The highest BCUT2D eigenvalue weighted by Gasteiger charge is 2.10. The van der Waals surface area contributed by atoms with Crippen molar-refractivity contribution in [3.63, 3.8) is 0 Å². The molecule has 4 aromatic rings. The number of hydrogen-bond donors (Lipinski definition) is 2. The molecule has 0 aliphatic carbocycles. The molecule has 2 N–H and O–H groups in total. The van der Waals surface area contributed by atoms with Crippen LogP contribution in [0, 0.1) is 5.82 Å². The van der Waals surface area contributed by atoms with Crippen LogP contribution in [0.3, 0.4) is 0 Å². The first-order valence-electron chi connectivity index (χ1n) is 9.38. The maximum Gasteiger partial charge on any atom is 0.434 e. The predicted molar refractivity (Wildman–Crippen MR) is 113 cm³/mol. The molecule has 0 spiro atoms. The van der Waals surface area contributed by atoms with Gasteiger partial charge in [0.05, 0.1) is 18.3 Å². The molecule has 156 valence electrons. The molecule has 4 rings (SSSR count). The lowest BCUT2D eigenvalue weighted by Crippen LogP contribution is -2.07. The fourth-order valence-corrected chi connectivity index (χ4v) is 3.10. The molecule has 0 bridgehead atoms. The third-order valence-corrected chi connectivity index (χ3v) is 4.56. The summed E-state index contributed by atoms with van der Waals surface area (Å²) < 4.78 is 19.8. The second-order valence-electron chi connectivity index (χ2n) is 6.78. The number of carbonyl (C=O) groups excluding carboxylic acids is 1. The van der Waals surface area contributed by atoms with Crippen LogP contribution in [0.5, 0.6) is 0 Å². The Kier molecular flexibility index (Phi) is 5.57. The minimum Gasteiger partial charge on any atom is -0.392 e. The number of carbonyl (C=O) groups is 1. The van der Waals surface area contributed by atoms with Crippen LogP contribution in [0.25, 0.3) is 17.3 Å². The van der Waals surface area contributed by atoms with Crippen LogP contribution in [-0.4, -0.2) is 25.9 Å². The molecule has 0 atom stereocenters. The molecule has 0 saturated carbocycles. The molecule has 2 aromatic carbocycles. The van der Waals surface area contributed by atoms with Gasteiger partial charge in [-0.15, -0.1) is 5.10 Å². The lowest BCUT2D eigenvalue weighted by molar-refractivity contribution is -0.111. The summed E-state index contributed by atoms with van der Waals surface area (Å²) in [6.07, 6.45) is 5.08. The molecule has 2 heterocycles. The number of H-pyrrole nitrogens is 1. The maximum absolute atomic E-state index is 13.2. The van der Waals surface area contributed by atoms with Gasteiger partial charge in [0.2, 0.25) is 11.8 Å². The summed E-state index contributed by atoms with van der Waals surface area (Å²) in [5, 5.41) is 13.0. The summed E-state index contributed by atoms with van der Waals surface area (Å²) in [5.74, 6) is -0.928. The molecule has 0 saturated heterocycles. The summed E-state index contributed by atoms with van der Waals surface area (Å²) >= 11 is 0. The van der Waals surface area contributed by atoms with Crippen molar-refractivity contribution < 1.29 is 13.6 Å². The van der Waals surface area contributed by atoms with E-state index in [-0.39, 0.29) is 17.6 Å². The van der Waals surface area contributed by atoms with E-state index in [9.17, 15) is 14.0 Å². The zero-order chi connectivity index (χ0) is 21.8. The number of aromatic nitrogens is 4. The quantitative estimate of drug-likeness (QED) is 0.467. The fraction of sp³-hybridized carbons (Fsp3) is 0.0909. The first-order chi connectivity index (χ1) is 15.0. The van der Waals surface area contributed by atoms with Crippen LogP contribution in [0.1, 0.15) is 17.0 Å². The van der Waals surface area contributed by atoms with Crippen molar-refractivity contribution in [1.29, 1.82) is 0 Å². The van der Waals surface area contributed by atoms with Gasteiger partial charge in [0, 0.05) is 29.9 Å². The van der Waals surface area contributed by atoms with Gasteiger partial charge in [-0.2, -0.15) is 5.10 Å². The van der Waals surface area contributed by atoms with Crippen molar-refractivity contribution >= 4 is 17.7 Å². The smallest absolute Gasteiger partial charge is 0.392 e. The van der Waals surface area contributed by atoms with Crippen molar-refractivity contribution in [1.82, 2.24) is 20.0 Å². The third-order valence-electron chi connectivity index (χ3n) is 4.56. The molecular weight excluding hydrogens is 401 g/mol. The van der Waals surface area contributed by atoms with E-state index in [0.29, 0.717) is 12.1 Å². The number of nitrogens with zero attached hydrogens (tertiary/aromatic N) is 3. The summed E-state index contributed by atoms with van der Waals surface area (Å²) in [6, 6.07) is 13.2. The van der Waals surface area contributed by atoms with Gasteiger partial charge in [0.15, 0.2) is 0 Å². The molecule has 2 aromatic heterocycles. The summed E-state index contributed by atoms with van der Waals surface area (Å²) in [5.41, 5.74) is 3.80. The largest absolute Gasteiger partial charge is 0.434 e. The van der Waals surface area contributed by atoms with Crippen molar-refractivity contribution in [2.45, 2.75) is 6.42 Å². The molecule has 0 aliphatic rings. The minimum atomic E-state index is -0.595. The standard InChI is InChI=1S/C22H18FN5O3/c1-28-21(15-4-7-17(23)8-5-15)16(13-24-28)6-11-19(29)25-18-9-2-14(3-10-18)12-20-26-27-22(30)31-20/h2-11,13H,12H2,1H3,(H,25,29)(H,27,30)/b11-6+. The average molecular weight is 419 g/mol. The van der Waals surface area contributed by atoms with Gasteiger partial charge in [-0.05, 0) is 48.0 Å². The van der Waals surface area contributed by atoms with Crippen LogP contribution in [-0.2, 0) is 18.3 Å². The molecule has 8 nitrogen and oxygen atoms in total. The molecule has 9 heteroatoms. The molecule has 0 aliphatic heterocycles. The number of halogens is 1. The predicted octanol–water partition coefficient (Wildman–Crippen LogP) is 3.15. The molecule has 0 fully saturated rings. The fourth-order valence-electron chi connectivity index (χ4n) is 3.10. The van der Waals surface area contributed by atoms with E-state index in [0.717, 1.165) is 22.4 Å². The first-order valence-corrected chi connectivity index (χ1v) is 9.38. The van der Waals surface area contributed by atoms with Gasteiger partial charge >= 0.3 is 5.76 Å². The Bertz CT molecular complexity index is 1280. The van der Waals surface area contributed by atoms with Crippen molar-refractivity contribution in [2.24, 2.45) is 7.05 Å². The summed E-state index contributed by atoms with van der Waals surface area (Å²) in [7, 11) is 1.78.